The molecule has 1 atom stereocenters. The number of halogens is 1. The predicted molar refractivity (Wildman–Crippen MR) is 111 cm³/mol. The molecule has 154 valence electrons. The molecule has 2 aromatic heterocycles. The lowest BCUT2D eigenvalue weighted by molar-refractivity contribution is 0.122. The summed E-state index contributed by atoms with van der Waals surface area (Å²) in [5.41, 5.74) is 1.67. The van der Waals surface area contributed by atoms with Crippen molar-refractivity contribution in [2.75, 3.05) is 50.8 Å². The van der Waals surface area contributed by atoms with E-state index in [9.17, 15) is 0 Å². The number of hydrogen-bond donors (Lipinski definition) is 1. The third kappa shape index (κ3) is 3.96. The summed E-state index contributed by atoms with van der Waals surface area (Å²) in [6.07, 6.45) is 0. The minimum Gasteiger partial charge on any atom is -0.378 e. The smallest absolute Gasteiger partial charge is 0.226 e. The molecule has 0 saturated carbocycles. The lowest BCUT2D eigenvalue weighted by atomic mass is 10.0. The van der Waals surface area contributed by atoms with Crippen LogP contribution in [-0.4, -0.2) is 76.4 Å². The SMILES string of the molecule is CCn1c(CN2CCNC(C(C)C)C2)nc2c(N3CCOCC3)nc(Cl)nc21. The number of nitrogens with one attached hydrogen (secondary N) is 1. The number of aryl methyl sites for hydroxylation is 1. The highest BCUT2D eigenvalue weighted by molar-refractivity contribution is 6.28. The lowest BCUT2D eigenvalue weighted by Gasteiger charge is -2.35. The van der Waals surface area contributed by atoms with Crippen molar-refractivity contribution in [3.63, 3.8) is 0 Å². The van der Waals surface area contributed by atoms with Gasteiger partial charge in [-0.2, -0.15) is 9.97 Å². The molecule has 1 unspecified atom stereocenters. The molecule has 0 aromatic carbocycles. The molecule has 2 aliphatic rings. The van der Waals surface area contributed by atoms with Crippen molar-refractivity contribution in [2.24, 2.45) is 5.92 Å². The Labute approximate surface area is 171 Å². The summed E-state index contributed by atoms with van der Waals surface area (Å²) in [7, 11) is 0. The molecule has 0 spiro atoms. The third-order valence-electron chi connectivity index (χ3n) is 5.71. The van der Waals surface area contributed by atoms with Gasteiger partial charge in [-0.15, -0.1) is 0 Å². The van der Waals surface area contributed by atoms with Gasteiger partial charge in [0, 0.05) is 45.3 Å². The van der Waals surface area contributed by atoms with Crippen LogP contribution in [0.25, 0.3) is 11.2 Å². The standard InChI is InChI=1S/C19H30ClN7O/c1-4-27-15(12-25-6-5-21-14(11-25)13(2)3)22-16-17(23-19(20)24-18(16)27)26-7-9-28-10-8-26/h13-14,21H,4-12H2,1-3H3. The van der Waals surface area contributed by atoms with Gasteiger partial charge in [0.25, 0.3) is 0 Å². The second kappa shape index (κ2) is 8.49. The number of hydrogen-bond acceptors (Lipinski definition) is 7. The number of ether oxygens (including phenoxy) is 1. The van der Waals surface area contributed by atoms with Crippen molar-refractivity contribution in [2.45, 2.75) is 39.9 Å². The zero-order valence-electron chi connectivity index (χ0n) is 17.0. The van der Waals surface area contributed by atoms with Gasteiger partial charge in [-0.05, 0) is 24.4 Å². The van der Waals surface area contributed by atoms with E-state index in [0.29, 0.717) is 25.2 Å². The first kappa shape index (κ1) is 19.8. The van der Waals surface area contributed by atoms with E-state index in [-0.39, 0.29) is 5.28 Å². The summed E-state index contributed by atoms with van der Waals surface area (Å²) in [6.45, 7) is 14.4. The average Bonchev–Trinajstić information content (AvgIpc) is 3.04. The first-order chi connectivity index (χ1) is 13.6. The first-order valence-corrected chi connectivity index (χ1v) is 10.7. The fraction of sp³-hybridized carbons (Fsp3) is 0.737. The number of morpholine rings is 1. The van der Waals surface area contributed by atoms with Crippen LogP contribution < -0.4 is 10.2 Å². The van der Waals surface area contributed by atoms with Crippen LogP contribution in [-0.2, 0) is 17.8 Å². The average molecular weight is 408 g/mol. The van der Waals surface area contributed by atoms with E-state index in [2.05, 4.69) is 50.4 Å². The molecular formula is C19H30ClN7O. The Morgan fingerprint density at radius 3 is 2.68 bits per heavy atom. The number of anilines is 1. The molecule has 2 aromatic rings. The number of imidazole rings is 1. The Morgan fingerprint density at radius 2 is 1.96 bits per heavy atom. The fourth-order valence-electron chi connectivity index (χ4n) is 4.09. The summed E-state index contributed by atoms with van der Waals surface area (Å²) in [4.78, 5) is 18.7. The van der Waals surface area contributed by atoms with Crippen LogP contribution in [0.4, 0.5) is 5.82 Å². The van der Waals surface area contributed by atoms with Gasteiger partial charge in [0.2, 0.25) is 5.28 Å². The Morgan fingerprint density at radius 1 is 1.18 bits per heavy atom. The maximum atomic E-state index is 6.29. The van der Waals surface area contributed by atoms with E-state index in [1.165, 1.54) is 0 Å². The molecule has 28 heavy (non-hydrogen) atoms. The van der Waals surface area contributed by atoms with Gasteiger partial charge < -0.3 is 19.5 Å². The summed E-state index contributed by atoms with van der Waals surface area (Å²) in [5, 5.41) is 3.90. The quantitative estimate of drug-likeness (QED) is 0.757. The number of rotatable bonds is 5. The second-order valence-corrected chi connectivity index (χ2v) is 8.24. The number of aromatic nitrogens is 4. The van der Waals surface area contributed by atoms with Gasteiger partial charge in [-0.3, -0.25) is 4.90 Å². The normalized spacial score (nSPS) is 21.8. The summed E-state index contributed by atoms with van der Waals surface area (Å²) >= 11 is 6.29. The molecule has 2 fully saturated rings. The largest absolute Gasteiger partial charge is 0.378 e. The lowest BCUT2D eigenvalue weighted by Crippen LogP contribution is -2.52. The molecular weight excluding hydrogens is 378 g/mol. The molecule has 4 heterocycles. The maximum Gasteiger partial charge on any atom is 0.226 e. The van der Waals surface area contributed by atoms with E-state index in [4.69, 9.17) is 21.3 Å². The van der Waals surface area contributed by atoms with Crippen LogP contribution in [0.5, 0.6) is 0 Å². The highest BCUT2D eigenvalue weighted by Gasteiger charge is 2.26. The molecule has 0 radical (unpaired) electrons. The van der Waals surface area contributed by atoms with Crippen LogP contribution in [0.2, 0.25) is 5.28 Å². The third-order valence-corrected chi connectivity index (χ3v) is 5.88. The summed E-state index contributed by atoms with van der Waals surface area (Å²) < 4.78 is 7.67. The highest BCUT2D eigenvalue weighted by atomic mass is 35.5. The topological polar surface area (TPSA) is 71.3 Å². The van der Waals surface area contributed by atoms with Crippen molar-refractivity contribution in [3.05, 3.63) is 11.1 Å². The van der Waals surface area contributed by atoms with Crippen molar-refractivity contribution in [1.29, 1.82) is 0 Å². The zero-order chi connectivity index (χ0) is 19.7. The first-order valence-electron chi connectivity index (χ1n) is 10.3. The molecule has 0 aliphatic carbocycles. The Hall–Kier alpha value is -1.48. The molecule has 2 saturated heterocycles. The van der Waals surface area contributed by atoms with Crippen LogP contribution in [0.3, 0.4) is 0 Å². The molecule has 0 amide bonds. The molecule has 1 N–H and O–H groups in total. The monoisotopic (exact) mass is 407 g/mol. The van der Waals surface area contributed by atoms with E-state index in [0.717, 1.165) is 68.6 Å². The van der Waals surface area contributed by atoms with Crippen LogP contribution in [0.1, 0.15) is 26.6 Å². The second-order valence-electron chi connectivity index (χ2n) is 7.90. The maximum absolute atomic E-state index is 6.29. The molecule has 9 heteroatoms. The van der Waals surface area contributed by atoms with Crippen molar-refractivity contribution in [1.82, 2.24) is 29.7 Å². The number of fused-ring (bicyclic) bond motifs is 1. The Balaban J connectivity index is 1.67. The highest BCUT2D eigenvalue weighted by Crippen LogP contribution is 2.27. The Kier molecular flexibility index (Phi) is 6.01. The predicted octanol–water partition coefficient (Wildman–Crippen LogP) is 1.77. The van der Waals surface area contributed by atoms with Gasteiger partial charge in [0.15, 0.2) is 17.0 Å². The zero-order valence-corrected chi connectivity index (χ0v) is 17.7. The number of nitrogens with zero attached hydrogens (tertiary/aromatic N) is 6. The van der Waals surface area contributed by atoms with Crippen LogP contribution in [0.15, 0.2) is 0 Å². The molecule has 8 nitrogen and oxygen atoms in total. The van der Waals surface area contributed by atoms with E-state index in [1.807, 2.05) is 0 Å². The molecule has 0 bridgehead atoms. The van der Waals surface area contributed by atoms with E-state index < -0.39 is 0 Å². The van der Waals surface area contributed by atoms with E-state index >= 15 is 0 Å². The van der Waals surface area contributed by atoms with Gasteiger partial charge in [0.1, 0.15) is 5.82 Å². The molecule has 2 aliphatic heterocycles. The summed E-state index contributed by atoms with van der Waals surface area (Å²) in [5.74, 6) is 2.48. The van der Waals surface area contributed by atoms with Crippen molar-refractivity contribution < 1.29 is 4.74 Å². The van der Waals surface area contributed by atoms with Gasteiger partial charge >= 0.3 is 0 Å². The van der Waals surface area contributed by atoms with Crippen molar-refractivity contribution in [3.8, 4) is 0 Å². The molecule has 4 rings (SSSR count). The minimum absolute atomic E-state index is 0.275. The summed E-state index contributed by atoms with van der Waals surface area (Å²) in [6, 6.07) is 0.520. The van der Waals surface area contributed by atoms with Gasteiger partial charge in [-0.1, -0.05) is 13.8 Å². The minimum atomic E-state index is 0.275. The number of piperazine rings is 1. The van der Waals surface area contributed by atoms with Crippen LogP contribution >= 0.6 is 11.6 Å². The Bertz CT molecular complexity index is 818. The fourth-order valence-corrected chi connectivity index (χ4v) is 4.25. The van der Waals surface area contributed by atoms with Crippen LogP contribution in [0, 0.1) is 5.92 Å². The van der Waals surface area contributed by atoms with Gasteiger partial charge in [-0.25, -0.2) is 4.98 Å². The van der Waals surface area contributed by atoms with Crippen molar-refractivity contribution >= 4 is 28.6 Å². The van der Waals surface area contributed by atoms with Gasteiger partial charge in [0.05, 0.1) is 19.8 Å². The van der Waals surface area contributed by atoms with E-state index in [1.54, 1.807) is 0 Å².